The topological polar surface area (TPSA) is 15.3 Å². The fourth-order valence-corrected chi connectivity index (χ4v) is 3.16. The average Bonchev–Trinajstić information content (AvgIpc) is 2.49. The highest BCUT2D eigenvalue weighted by molar-refractivity contribution is 6.30. The van der Waals surface area contributed by atoms with E-state index in [1.807, 2.05) is 6.07 Å². The van der Waals surface area contributed by atoms with E-state index in [1.165, 1.54) is 43.5 Å². The minimum Gasteiger partial charge on any atom is -0.371 e. The molecule has 20 heavy (non-hydrogen) atoms. The maximum atomic E-state index is 6.22. The van der Waals surface area contributed by atoms with Crippen LogP contribution in [0.25, 0.3) is 0 Å². The first-order valence-electron chi connectivity index (χ1n) is 7.98. The normalized spacial score (nSPS) is 19.4. The molecule has 1 aliphatic rings. The van der Waals surface area contributed by atoms with Crippen LogP contribution in [0.2, 0.25) is 5.02 Å². The zero-order valence-corrected chi connectivity index (χ0v) is 13.5. The molecule has 0 aliphatic carbocycles. The molecule has 2 rings (SSSR count). The summed E-state index contributed by atoms with van der Waals surface area (Å²) in [7, 11) is 0. The van der Waals surface area contributed by atoms with Gasteiger partial charge in [-0.2, -0.15) is 0 Å². The van der Waals surface area contributed by atoms with Crippen LogP contribution in [0, 0.1) is 5.92 Å². The van der Waals surface area contributed by atoms with Crippen molar-refractivity contribution >= 4 is 17.3 Å². The van der Waals surface area contributed by atoms with E-state index >= 15 is 0 Å². The standard InChI is InChI=1S/C17H27ClN2/c1-3-9-19-12-15-7-8-16(18)11-17(15)20-10-5-6-14(4-2)13-20/h7-8,11,14,19H,3-6,9-10,12-13H2,1-2H3. The lowest BCUT2D eigenvalue weighted by Crippen LogP contribution is -2.36. The number of nitrogens with zero attached hydrogens (tertiary/aromatic N) is 1. The van der Waals surface area contributed by atoms with E-state index in [0.29, 0.717) is 0 Å². The van der Waals surface area contributed by atoms with E-state index in [-0.39, 0.29) is 0 Å². The van der Waals surface area contributed by atoms with Crippen molar-refractivity contribution in [3.63, 3.8) is 0 Å². The van der Waals surface area contributed by atoms with E-state index < -0.39 is 0 Å². The summed E-state index contributed by atoms with van der Waals surface area (Å²) in [5.41, 5.74) is 2.71. The predicted molar refractivity (Wildman–Crippen MR) is 88.7 cm³/mol. The molecule has 0 spiro atoms. The van der Waals surface area contributed by atoms with Gasteiger partial charge < -0.3 is 10.2 Å². The van der Waals surface area contributed by atoms with Gasteiger partial charge in [-0.05, 0) is 49.4 Å². The molecule has 1 N–H and O–H groups in total. The SMILES string of the molecule is CCCNCc1ccc(Cl)cc1N1CCCC(CC)C1. The van der Waals surface area contributed by atoms with E-state index in [1.54, 1.807) is 0 Å². The number of halogens is 1. The molecule has 0 amide bonds. The molecule has 1 aromatic carbocycles. The van der Waals surface area contributed by atoms with Crippen molar-refractivity contribution in [1.82, 2.24) is 5.32 Å². The summed E-state index contributed by atoms with van der Waals surface area (Å²) < 4.78 is 0. The Hall–Kier alpha value is -0.730. The van der Waals surface area contributed by atoms with Crippen molar-refractivity contribution in [2.45, 2.75) is 46.1 Å². The van der Waals surface area contributed by atoms with Crippen LogP contribution in [0.5, 0.6) is 0 Å². The Bertz CT molecular complexity index is 419. The Morgan fingerprint density at radius 2 is 2.20 bits per heavy atom. The number of benzene rings is 1. The van der Waals surface area contributed by atoms with Gasteiger partial charge in [0.2, 0.25) is 0 Å². The van der Waals surface area contributed by atoms with Crippen LogP contribution < -0.4 is 10.2 Å². The van der Waals surface area contributed by atoms with Crippen LogP contribution in [0.15, 0.2) is 18.2 Å². The molecule has 112 valence electrons. The largest absolute Gasteiger partial charge is 0.371 e. The molecule has 2 nitrogen and oxygen atoms in total. The molecule has 0 radical (unpaired) electrons. The van der Waals surface area contributed by atoms with Gasteiger partial charge in [0.1, 0.15) is 0 Å². The van der Waals surface area contributed by atoms with Gasteiger partial charge in [0, 0.05) is 30.3 Å². The zero-order valence-electron chi connectivity index (χ0n) is 12.8. The van der Waals surface area contributed by atoms with Crippen molar-refractivity contribution in [2.24, 2.45) is 5.92 Å². The van der Waals surface area contributed by atoms with E-state index in [2.05, 4.69) is 36.2 Å². The van der Waals surface area contributed by atoms with Gasteiger partial charge in [-0.15, -0.1) is 0 Å². The third-order valence-electron chi connectivity index (χ3n) is 4.23. The van der Waals surface area contributed by atoms with Gasteiger partial charge in [-0.25, -0.2) is 0 Å². The number of hydrogen-bond donors (Lipinski definition) is 1. The summed E-state index contributed by atoms with van der Waals surface area (Å²) in [4.78, 5) is 2.53. The highest BCUT2D eigenvalue weighted by Gasteiger charge is 2.20. The molecule has 1 heterocycles. The third kappa shape index (κ3) is 4.13. The van der Waals surface area contributed by atoms with Gasteiger partial charge in [-0.1, -0.05) is 37.9 Å². The number of nitrogens with one attached hydrogen (secondary N) is 1. The van der Waals surface area contributed by atoms with Crippen LogP contribution in [0.1, 0.15) is 45.1 Å². The monoisotopic (exact) mass is 294 g/mol. The van der Waals surface area contributed by atoms with Crippen LogP contribution in [0.4, 0.5) is 5.69 Å². The van der Waals surface area contributed by atoms with Gasteiger partial charge in [0.15, 0.2) is 0 Å². The second-order valence-electron chi connectivity index (χ2n) is 5.81. The fourth-order valence-electron chi connectivity index (χ4n) is 3.00. The fraction of sp³-hybridized carbons (Fsp3) is 0.647. The van der Waals surface area contributed by atoms with Gasteiger partial charge in [-0.3, -0.25) is 0 Å². The molecular formula is C17H27ClN2. The van der Waals surface area contributed by atoms with Crippen molar-refractivity contribution in [3.8, 4) is 0 Å². The van der Waals surface area contributed by atoms with Crippen LogP contribution in [0.3, 0.4) is 0 Å². The first-order chi connectivity index (χ1) is 9.74. The van der Waals surface area contributed by atoms with Crippen LogP contribution >= 0.6 is 11.6 Å². The molecule has 1 aromatic rings. The molecule has 0 bridgehead atoms. The minimum atomic E-state index is 0.833. The Morgan fingerprint density at radius 3 is 2.95 bits per heavy atom. The molecule has 1 atom stereocenters. The Kier molecular flexibility index (Phi) is 6.18. The number of anilines is 1. The lowest BCUT2D eigenvalue weighted by molar-refractivity contribution is 0.404. The smallest absolute Gasteiger partial charge is 0.0426 e. The Labute approximate surface area is 128 Å². The Balaban J connectivity index is 2.13. The lowest BCUT2D eigenvalue weighted by atomic mass is 9.94. The van der Waals surface area contributed by atoms with Crippen LogP contribution in [-0.4, -0.2) is 19.6 Å². The zero-order chi connectivity index (χ0) is 14.4. The number of rotatable bonds is 6. The quantitative estimate of drug-likeness (QED) is 0.779. The van der Waals surface area contributed by atoms with Gasteiger partial charge in [0.05, 0.1) is 0 Å². The van der Waals surface area contributed by atoms with Crippen molar-refractivity contribution < 1.29 is 0 Å². The minimum absolute atomic E-state index is 0.833. The second kappa shape index (κ2) is 7.90. The third-order valence-corrected chi connectivity index (χ3v) is 4.46. The summed E-state index contributed by atoms with van der Waals surface area (Å²) in [6.45, 7) is 8.85. The summed E-state index contributed by atoms with van der Waals surface area (Å²) in [6, 6.07) is 6.33. The first kappa shape index (κ1) is 15.7. The van der Waals surface area contributed by atoms with Gasteiger partial charge in [0.25, 0.3) is 0 Å². The molecule has 0 aromatic heterocycles. The number of hydrogen-bond acceptors (Lipinski definition) is 2. The second-order valence-corrected chi connectivity index (χ2v) is 6.25. The summed E-state index contributed by atoms with van der Waals surface area (Å²) in [6.07, 6.45) is 5.12. The molecule has 3 heteroatoms. The highest BCUT2D eigenvalue weighted by atomic mass is 35.5. The summed E-state index contributed by atoms with van der Waals surface area (Å²) in [5, 5.41) is 4.35. The highest BCUT2D eigenvalue weighted by Crippen LogP contribution is 2.30. The lowest BCUT2D eigenvalue weighted by Gasteiger charge is -2.35. The molecule has 1 aliphatic heterocycles. The molecule has 1 saturated heterocycles. The molecule has 1 fully saturated rings. The number of piperidine rings is 1. The maximum absolute atomic E-state index is 6.22. The van der Waals surface area contributed by atoms with E-state index in [9.17, 15) is 0 Å². The van der Waals surface area contributed by atoms with Crippen molar-refractivity contribution in [1.29, 1.82) is 0 Å². The summed E-state index contributed by atoms with van der Waals surface area (Å²) >= 11 is 6.22. The van der Waals surface area contributed by atoms with Crippen LogP contribution in [-0.2, 0) is 6.54 Å². The van der Waals surface area contributed by atoms with E-state index in [4.69, 9.17) is 11.6 Å². The predicted octanol–water partition coefficient (Wildman–Crippen LogP) is 4.47. The van der Waals surface area contributed by atoms with E-state index in [0.717, 1.165) is 30.6 Å². The summed E-state index contributed by atoms with van der Waals surface area (Å²) in [5.74, 6) is 0.833. The van der Waals surface area contributed by atoms with Crippen molar-refractivity contribution in [3.05, 3.63) is 28.8 Å². The van der Waals surface area contributed by atoms with Crippen molar-refractivity contribution in [2.75, 3.05) is 24.5 Å². The molecule has 0 saturated carbocycles. The van der Waals surface area contributed by atoms with Gasteiger partial charge >= 0.3 is 0 Å². The molecule has 1 unspecified atom stereocenters. The Morgan fingerprint density at radius 1 is 1.35 bits per heavy atom. The maximum Gasteiger partial charge on any atom is 0.0426 e. The molecular weight excluding hydrogens is 268 g/mol. The average molecular weight is 295 g/mol. The first-order valence-corrected chi connectivity index (χ1v) is 8.36.